The Balaban J connectivity index is 1.83. The third-order valence-electron chi connectivity index (χ3n) is 3.52. The van der Waals surface area contributed by atoms with Crippen LogP contribution in [0, 0.1) is 0 Å². The van der Waals surface area contributed by atoms with Crippen molar-refractivity contribution in [1.82, 2.24) is 5.32 Å². The van der Waals surface area contributed by atoms with Crippen molar-refractivity contribution >= 4 is 0 Å². The molecule has 1 aliphatic rings. The number of para-hydroxylation sites is 1. The molecule has 0 aliphatic carbocycles. The van der Waals surface area contributed by atoms with Crippen molar-refractivity contribution in [3.05, 3.63) is 48.0 Å². The molecule has 0 aromatic heterocycles. The Bertz CT molecular complexity index is 610. The minimum atomic E-state index is 0.240. The quantitative estimate of drug-likeness (QED) is 0.912. The van der Waals surface area contributed by atoms with Gasteiger partial charge in [0.25, 0.3) is 0 Å². The molecule has 0 unspecified atom stereocenters. The molecule has 1 aliphatic heterocycles. The highest BCUT2D eigenvalue weighted by molar-refractivity contribution is 5.52. The van der Waals surface area contributed by atoms with Gasteiger partial charge in [-0.3, -0.25) is 0 Å². The van der Waals surface area contributed by atoms with E-state index in [1.807, 2.05) is 36.4 Å². The summed E-state index contributed by atoms with van der Waals surface area (Å²) in [6.07, 6.45) is 0. The SMILES string of the molecule is CCN[C@@H]1COc2c(Oc3ccc(OC)cc3)cccc21. The van der Waals surface area contributed by atoms with E-state index in [-0.39, 0.29) is 6.04 Å². The van der Waals surface area contributed by atoms with E-state index in [4.69, 9.17) is 14.2 Å². The van der Waals surface area contributed by atoms with E-state index in [2.05, 4.69) is 18.3 Å². The highest BCUT2D eigenvalue weighted by Crippen LogP contribution is 2.41. The van der Waals surface area contributed by atoms with E-state index in [9.17, 15) is 0 Å². The Morgan fingerprint density at radius 2 is 1.90 bits per heavy atom. The van der Waals surface area contributed by atoms with Crippen LogP contribution in [0.3, 0.4) is 0 Å². The number of methoxy groups -OCH3 is 1. The average Bonchev–Trinajstić information content (AvgIpc) is 2.93. The van der Waals surface area contributed by atoms with Gasteiger partial charge in [-0.25, -0.2) is 0 Å². The number of hydrogen-bond acceptors (Lipinski definition) is 4. The summed E-state index contributed by atoms with van der Waals surface area (Å²) in [7, 11) is 1.65. The lowest BCUT2D eigenvalue weighted by Crippen LogP contribution is -2.21. The van der Waals surface area contributed by atoms with Crippen molar-refractivity contribution in [3.63, 3.8) is 0 Å². The standard InChI is InChI=1S/C17H19NO3/c1-3-18-15-11-20-17-14(15)5-4-6-16(17)21-13-9-7-12(19-2)8-10-13/h4-10,15,18H,3,11H2,1-2H3/t15-/m1/s1. The van der Waals surface area contributed by atoms with Gasteiger partial charge in [-0.15, -0.1) is 0 Å². The molecule has 0 bridgehead atoms. The van der Waals surface area contributed by atoms with Crippen LogP contribution in [0.1, 0.15) is 18.5 Å². The summed E-state index contributed by atoms with van der Waals surface area (Å²) < 4.78 is 16.9. The van der Waals surface area contributed by atoms with Crippen LogP contribution in [0.2, 0.25) is 0 Å². The highest BCUT2D eigenvalue weighted by Gasteiger charge is 2.26. The van der Waals surface area contributed by atoms with Gasteiger partial charge < -0.3 is 19.5 Å². The first-order chi connectivity index (χ1) is 10.3. The van der Waals surface area contributed by atoms with Gasteiger partial charge in [0, 0.05) is 5.56 Å². The van der Waals surface area contributed by atoms with E-state index in [0.29, 0.717) is 6.61 Å². The van der Waals surface area contributed by atoms with Crippen LogP contribution in [-0.4, -0.2) is 20.3 Å². The summed E-state index contributed by atoms with van der Waals surface area (Å²) in [5.74, 6) is 3.15. The molecule has 1 N–H and O–H groups in total. The molecule has 2 aromatic carbocycles. The van der Waals surface area contributed by atoms with Crippen molar-refractivity contribution in [2.45, 2.75) is 13.0 Å². The van der Waals surface area contributed by atoms with Gasteiger partial charge in [0.2, 0.25) is 0 Å². The number of nitrogens with one attached hydrogen (secondary N) is 1. The molecule has 3 rings (SSSR count). The Hall–Kier alpha value is -2.20. The van der Waals surface area contributed by atoms with Crippen molar-refractivity contribution in [2.24, 2.45) is 0 Å². The molecule has 0 fully saturated rings. The van der Waals surface area contributed by atoms with E-state index >= 15 is 0 Å². The molecular formula is C17H19NO3. The minimum absolute atomic E-state index is 0.240. The normalized spacial score (nSPS) is 16.2. The molecule has 0 saturated carbocycles. The molecule has 0 radical (unpaired) electrons. The maximum Gasteiger partial charge on any atom is 0.169 e. The second kappa shape index (κ2) is 6.06. The summed E-state index contributed by atoms with van der Waals surface area (Å²) in [5, 5.41) is 3.41. The van der Waals surface area contributed by atoms with E-state index in [0.717, 1.165) is 35.1 Å². The third kappa shape index (κ3) is 2.81. The van der Waals surface area contributed by atoms with Crippen LogP contribution >= 0.6 is 0 Å². The summed E-state index contributed by atoms with van der Waals surface area (Å²) >= 11 is 0. The minimum Gasteiger partial charge on any atom is -0.497 e. The lowest BCUT2D eigenvalue weighted by atomic mass is 10.1. The zero-order chi connectivity index (χ0) is 14.7. The summed E-state index contributed by atoms with van der Waals surface area (Å²) in [5.41, 5.74) is 1.16. The van der Waals surface area contributed by atoms with Crippen molar-refractivity contribution in [1.29, 1.82) is 0 Å². The van der Waals surface area contributed by atoms with E-state index in [1.54, 1.807) is 7.11 Å². The monoisotopic (exact) mass is 285 g/mol. The molecule has 110 valence electrons. The zero-order valence-corrected chi connectivity index (χ0v) is 12.3. The topological polar surface area (TPSA) is 39.7 Å². The zero-order valence-electron chi connectivity index (χ0n) is 12.3. The summed E-state index contributed by atoms with van der Waals surface area (Å²) in [6, 6.07) is 13.8. The third-order valence-corrected chi connectivity index (χ3v) is 3.52. The first kappa shape index (κ1) is 13.8. The second-order valence-electron chi connectivity index (χ2n) is 4.87. The molecule has 21 heavy (non-hydrogen) atoms. The Morgan fingerprint density at radius 1 is 1.14 bits per heavy atom. The summed E-state index contributed by atoms with van der Waals surface area (Å²) in [4.78, 5) is 0. The first-order valence-corrected chi connectivity index (χ1v) is 7.13. The van der Waals surface area contributed by atoms with Crippen LogP contribution in [-0.2, 0) is 0 Å². The molecule has 0 saturated heterocycles. The second-order valence-corrected chi connectivity index (χ2v) is 4.87. The average molecular weight is 285 g/mol. The van der Waals surface area contributed by atoms with E-state index < -0.39 is 0 Å². The fourth-order valence-electron chi connectivity index (χ4n) is 2.48. The smallest absolute Gasteiger partial charge is 0.169 e. The molecule has 4 heteroatoms. The number of benzene rings is 2. The van der Waals surface area contributed by atoms with Crippen molar-refractivity contribution < 1.29 is 14.2 Å². The van der Waals surface area contributed by atoms with Crippen molar-refractivity contribution in [2.75, 3.05) is 20.3 Å². The van der Waals surface area contributed by atoms with Crippen molar-refractivity contribution in [3.8, 4) is 23.0 Å². The molecule has 1 atom stereocenters. The lowest BCUT2D eigenvalue weighted by Gasteiger charge is -2.11. The van der Waals surface area contributed by atoms with Crippen LogP contribution in [0.25, 0.3) is 0 Å². The molecule has 2 aromatic rings. The number of ether oxygens (including phenoxy) is 3. The number of hydrogen-bond donors (Lipinski definition) is 1. The van der Waals surface area contributed by atoms with Gasteiger partial charge in [-0.2, -0.15) is 0 Å². The van der Waals surface area contributed by atoms with Gasteiger partial charge in [0.1, 0.15) is 18.1 Å². The van der Waals surface area contributed by atoms with Gasteiger partial charge in [-0.1, -0.05) is 19.1 Å². The lowest BCUT2D eigenvalue weighted by molar-refractivity contribution is 0.303. The molecule has 0 amide bonds. The highest BCUT2D eigenvalue weighted by atomic mass is 16.5. The first-order valence-electron chi connectivity index (χ1n) is 7.13. The number of likely N-dealkylation sites (N-methyl/N-ethyl adjacent to an activating group) is 1. The van der Waals surface area contributed by atoms with Gasteiger partial charge in [-0.05, 0) is 36.9 Å². The predicted octanol–water partition coefficient (Wildman–Crippen LogP) is 3.53. The van der Waals surface area contributed by atoms with Crippen LogP contribution in [0.15, 0.2) is 42.5 Å². The maximum atomic E-state index is 5.94. The molecular weight excluding hydrogens is 266 g/mol. The summed E-state index contributed by atoms with van der Waals surface area (Å²) in [6.45, 7) is 3.65. The molecule has 4 nitrogen and oxygen atoms in total. The van der Waals surface area contributed by atoms with Crippen LogP contribution < -0.4 is 19.5 Å². The Kier molecular flexibility index (Phi) is 3.97. The predicted molar refractivity (Wildman–Crippen MR) is 81.4 cm³/mol. The van der Waals surface area contributed by atoms with E-state index in [1.165, 1.54) is 0 Å². The number of fused-ring (bicyclic) bond motifs is 1. The van der Waals surface area contributed by atoms with Crippen LogP contribution in [0.4, 0.5) is 0 Å². The largest absolute Gasteiger partial charge is 0.497 e. The number of rotatable bonds is 5. The maximum absolute atomic E-state index is 5.94. The Labute approximate surface area is 124 Å². The van der Waals surface area contributed by atoms with Gasteiger partial charge in [0.15, 0.2) is 11.5 Å². The molecule has 0 spiro atoms. The fourth-order valence-corrected chi connectivity index (χ4v) is 2.48. The Morgan fingerprint density at radius 3 is 2.62 bits per heavy atom. The molecule has 1 heterocycles. The van der Waals surface area contributed by atoms with Crippen LogP contribution in [0.5, 0.6) is 23.0 Å². The van der Waals surface area contributed by atoms with Gasteiger partial charge in [0.05, 0.1) is 13.2 Å². The fraction of sp³-hybridized carbons (Fsp3) is 0.294. The van der Waals surface area contributed by atoms with Gasteiger partial charge >= 0.3 is 0 Å².